The molecular formula is C48H30N2O2. The van der Waals surface area contributed by atoms with Crippen molar-refractivity contribution in [1.82, 2.24) is 4.57 Å². The molecule has 0 saturated carbocycles. The van der Waals surface area contributed by atoms with E-state index in [9.17, 15) is 0 Å². The van der Waals surface area contributed by atoms with Crippen LogP contribution in [-0.2, 0) is 0 Å². The molecule has 0 unspecified atom stereocenters. The number of para-hydroxylation sites is 4. The Balaban J connectivity index is 1.08. The fourth-order valence-electron chi connectivity index (χ4n) is 8.06. The van der Waals surface area contributed by atoms with Gasteiger partial charge in [0.2, 0.25) is 0 Å². The summed E-state index contributed by atoms with van der Waals surface area (Å²) in [7, 11) is 0. The molecule has 3 aromatic heterocycles. The third kappa shape index (κ3) is 4.34. The molecule has 0 fully saturated rings. The predicted octanol–water partition coefficient (Wildman–Crippen LogP) is 13.7. The lowest BCUT2D eigenvalue weighted by Crippen LogP contribution is -2.09. The third-order valence-corrected chi connectivity index (χ3v) is 10.4. The number of aromatic nitrogens is 1. The van der Waals surface area contributed by atoms with E-state index in [2.05, 4.69) is 167 Å². The molecule has 0 saturated heterocycles. The first-order valence-electron chi connectivity index (χ1n) is 17.6. The highest BCUT2D eigenvalue weighted by Gasteiger charge is 2.19. The monoisotopic (exact) mass is 666 g/mol. The second-order valence-electron chi connectivity index (χ2n) is 13.3. The minimum Gasteiger partial charge on any atom is -0.456 e. The van der Waals surface area contributed by atoms with E-state index in [1.165, 1.54) is 27.4 Å². The summed E-state index contributed by atoms with van der Waals surface area (Å²) >= 11 is 0. The first-order valence-corrected chi connectivity index (χ1v) is 17.6. The highest BCUT2D eigenvalue weighted by Crippen LogP contribution is 2.43. The highest BCUT2D eigenvalue weighted by atomic mass is 16.3. The Labute approximate surface area is 299 Å². The van der Waals surface area contributed by atoms with E-state index in [-0.39, 0.29) is 0 Å². The SMILES string of the molecule is c1ccc(-n2c3ccccc3c3c(-c4ccc(N(c5ccc6c(c5)oc5ccccc56)c5ccc6c(c5)oc5ccccc56)cc4)cccc32)cc1. The summed E-state index contributed by atoms with van der Waals surface area (Å²) in [4.78, 5) is 2.28. The van der Waals surface area contributed by atoms with Gasteiger partial charge in [0.1, 0.15) is 22.3 Å². The van der Waals surface area contributed by atoms with Crippen LogP contribution in [0.1, 0.15) is 0 Å². The zero-order valence-corrected chi connectivity index (χ0v) is 28.0. The molecule has 0 aliphatic rings. The van der Waals surface area contributed by atoms with E-state index in [4.69, 9.17) is 8.83 Å². The summed E-state index contributed by atoms with van der Waals surface area (Å²) in [5.41, 5.74) is 12.4. The number of benzene rings is 8. The summed E-state index contributed by atoms with van der Waals surface area (Å²) in [6.07, 6.45) is 0. The number of furan rings is 2. The van der Waals surface area contributed by atoms with E-state index in [0.29, 0.717) is 0 Å². The van der Waals surface area contributed by atoms with Crippen LogP contribution >= 0.6 is 0 Å². The molecule has 0 aliphatic carbocycles. The quantitative estimate of drug-likeness (QED) is 0.183. The van der Waals surface area contributed by atoms with Crippen LogP contribution in [0.3, 0.4) is 0 Å². The van der Waals surface area contributed by atoms with Gasteiger partial charge in [0.05, 0.1) is 11.0 Å². The standard InChI is InChI=1S/C48H30N2O2/c1-2-11-32(12-3-1)50-42-17-7-4-15-41(42)48-36(16-10-18-43(48)50)31-21-23-33(24-22-31)49(34-25-27-39-37-13-5-8-19-44(37)51-46(39)29-34)35-26-28-40-38-14-6-9-20-45(38)52-47(40)30-35/h1-30H. The fourth-order valence-corrected chi connectivity index (χ4v) is 8.06. The van der Waals surface area contributed by atoms with Gasteiger partial charge in [0.25, 0.3) is 0 Å². The van der Waals surface area contributed by atoms with Gasteiger partial charge in [-0.3, -0.25) is 0 Å². The van der Waals surface area contributed by atoms with Crippen LogP contribution in [0.2, 0.25) is 0 Å². The van der Waals surface area contributed by atoms with Crippen LogP contribution in [0, 0.1) is 0 Å². The van der Waals surface area contributed by atoms with Crippen LogP contribution < -0.4 is 4.90 Å². The largest absolute Gasteiger partial charge is 0.456 e. The molecule has 0 spiro atoms. The van der Waals surface area contributed by atoms with Crippen LogP contribution in [0.15, 0.2) is 191 Å². The molecule has 4 heteroatoms. The third-order valence-electron chi connectivity index (χ3n) is 10.4. The maximum Gasteiger partial charge on any atom is 0.137 e. The zero-order chi connectivity index (χ0) is 34.2. The molecule has 244 valence electrons. The lowest BCUT2D eigenvalue weighted by Gasteiger charge is -2.25. The minimum absolute atomic E-state index is 0.853. The van der Waals surface area contributed by atoms with Crippen LogP contribution in [0.25, 0.3) is 82.5 Å². The smallest absolute Gasteiger partial charge is 0.137 e. The van der Waals surface area contributed by atoms with Crippen molar-refractivity contribution in [1.29, 1.82) is 0 Å². The summed E-state index contributed by atoms with van der Waals surface area (Å²) in [5.74, 6) is 0. The minimum atomic E-state index is 0.853. The number of hydrogen-bond donors (Lipinski definition) is 0. The number of rotatable bonds is 5. The van der Waals surface area contributed by atoms with Gasteiger partial charge in [-0.1, -0.05) is 97.1 Å². The van der Waals surface area contributed by atoms with Crippen molar-refractivity contribution in [3.8, 4) is 16.8 Å². The van der Waals surface area contributed by atoms with Gasteiger partial charge < -0.3 is 18.3 Å². The molecule has 0 aliphatic heterocycles. The Morgan fingerprint density at radius 3 is 1.54 bits per heavy atom. The van der Waals surface area contributed by atoms with E-state index in [1.807, 2.05) is 24.3 Å². The number of hydrogen-bond acceptors (Lipinski definition) is 3. The van der Waals surface area contributed by atoms with Gasteiger partial charge in [-0.05, 0) is 83.9 Å². The van der Waals surface area contributed by atoms with Crippen molar-refractivity contribution in [2.75, 3.05) is 4.90 Å². The molecule has 3 heterocycles. The zero-order valence-electron chi connectivity index (χ0n) is 28.0. The average Bonchev–Trinajstić information content (AvgIpc) is 3.87. The molecular weight excluding hydrogens is 637 g/mol. The average molecular weight is 667 g/mol. The van der Waals surface area contributed by atoms with Crippen molar-refractivity contribution in [3.63, 3.8) is 0 Å². The van der Waals surface area contributed by atoms with Gasteiger partial charge >= 0.3 is 0 Å². The first kappa shape index (κ1) is 28.8. The Kier molecular flexibility index (Phi) is 6.22. The molecule has 52 heavy (non-hydrogen) atoms. The van der Waals surface area contributed by atoms with E-state index in [0.717, 1.165) is 72.2 Å². The van der Waals surface area contributed by atoms with Gasteiger partial charge in [0, 0.05) is 67.2 Å². The number of anilines is 3. The second-order valence-corrected chi connectivity index (χ2v) is 13.3. The first-order chi connectivity index (χ1) is 25.8. The second kappa shape index (κ2) is 11.2. The Morgan fingerprint density at radius 2 is 0.885 bits per heavy atom. The summed E-state index contributed by atoms with van der Waals surface area (Å²) in [6, 6.07) is 64.3. The van der Waals surface area contributed by atoms with E-state index >= 15 is 0 Å². The van der Waals surface area contributed by atoms with Gasteiger partial charge in [-0.2, -0.15) is 0 Å². The van der Waals surface area contributed by atoms with Crippen LogP contribution in [-0.4, -0.2) is 4.57 Å². The Morgan fingerprint density at radius 1 is 0.365 bits per heavy atom. The Hall–Kier alpha value is -7.04. The molecule has 0 atom stereocenters. The van der Waals surface area contributed by atoms with Crippen molar-refractivity contribution in [2.45, 2.75) is 0 Å². The molecule has 0 bridgehead atoms. The van der Waals surface area contributed by atoms with E-state index < -0.39 is 0 Å². The van der Waals surface area contributed by atoms with Crippen molar-refractivity contribution < 1.29 is 8.83 Å². The predicted molar refractivity (Wildman–Crippen MR) is 215 cm³/mol. The van der Waals surface area contributed by atoms with Gasteiger partial charge in [-0.15, -0.1) is 0 Å². The summed E-state index contributed by atoms with van der Waals surface area (Å²) in [5, 5.41) is 6.92. The molecule has 4 nitrogen and oxygen atoms in total. The van der Waals surface area contributed by atoms with Crippen molar-refractivity contribution in [3.05, 3.63) is 182 Å². The summed E-state index contributed by atoms with van der Waals surface area (Å²) in [6.45, 7) is 0. The van der Waals surface area contributed by atoms with E-state index in [1.54, 1.807) is 0 Å². The number of nitrogens with zero attached hydrogens (tertiary/aromatic N) is 2. The fraction of sp³-hybridized carbons (Fsp3) is 0. The van der Waals surface area contributed by atoms with Crippen molar-refractivity contribution >= 4 is 82.7 Å². The molecule has 8 aromatic carbocycles. The van der Waals surface area contributed by atoms with Gasteiger partial charge in [0.15, 0.2) is 0 Å². The summed E-state index contributed by atoms with van der Waals surface area (Å²) < 4.78 is 15.1. The van der Waals surface area contributed by atoms with Crippen molar-refractivity contribution in [2.24, 2.45) is 0 Å². The normalized spacial score (nSPS) is 11.8. The maximum absolute atomic E-state index is 6.36. The molecule has 0 N–H and O–H groups in total. The number of fused-ring (bicyclic) bond motifs is 9. The molecule has 0 radical (unpaired) electrons. The maximum atomic E-state index is 6.36. The van der Waals surface area contributed by atoms with Gasteiger partial charge in [-0.25, -0.2) is 0 Å². The Bertz CT molecular complexity index is 3020. The van der Waals surface area contributed by atoms with Crippen LogP contribution in [0.4, 0.5) is 17.1 Å². The topological polar surface area (TPSA) is 34.5 Å². The lowest BCUT2D eigenvalue weighted by atomic mass is 9.99. The molecule has 11 aromatic rings. The van der Waals surface area contributed by atoms with Crippen LogP contribution in [0.5, 0.6) is 0 Å². The lowest BCUT2D eigenvalue weighted by molar-refractivity contribution is 0.669. The molecule has 11 rings (SSSR count). The highest BCUT2D eigenvalue weighted by molar-refractivity contribution is 6.16. The molecule has 0 amide bonds.